The van der Waals surface area contributed by atoms with Gasteiger partial charge in [0.1, 0.15) is 17.4 Å². The minimum absolute atomic E-state index is 0.0813. The molecule has 0 fully saturated rings. The molecule has 2 aromatic carbocycles. The number of nitrogens with two attached hydrogens (primary N) is 1. The van der Waals surface area contributed by atoms with E-state index in [2.05, 4.69) is 0 Å². The first-order chi connectivity index (χ1) is 10.0. The fourth-order valence-electron chi connectivity index (χ4n) is 1.94. The second-order valence-electron chi connectivity index (χ2n) is 4.72. The Hall–Kier alpha value is -1.59. The topological polar surface area (TPSA) is 35.2 Å². The molecule has 0 spiro atoms. The van der Waals surface area contributed by atoms with E-state index < -0.39 is 11.6 Å². The molecule has 2 aromatic rings. The molecule has 1 atom stereocenters. The average Bonchev–Trinajstić information content (AvgIpc) is 2.46. The Labute approximate surface area is 127 Å². The highest BCUT2D eigenvalue weighted by Crippen LogP contribution is 2.31. The molecular weight excluding hydrogens is 292 g/mol. The van der Waals surface area contributed by atoms with Gasteiger partial charge in [-0.25, -0.2) is 8.78 Å². The van der Waals surface area contributed by atoms with Crippen LogP contribution in [-0.2, 0) is 5.75 Å². The predicted octanol–water partition coefficient (Wildman–Crippen LogP) is 4.29. The molecule has 0 amide bonds. The van der Waals surface area contributed by atoms with Crippen molar-refractivity contribution in [1.29, 1.82) is 0 Å². The highest BCUT2D eigenvalue weighted by Gasteiger charge is 2.10. The summed E-state index contributed by atoms with van der Waals surface area (Å²) in [5.41, 5.74) is 7.80. The molecule has 0 saturated carbocycles. The lowest BCUT2D eigenvalue weighted by Gasteiger charge is -2.13. The number of rotatable bonds is 5. The van der Waals surface area contributed by atoms with Crippen molar-refractivity contribution in [2.75, 3.05) is 7.11 Å². The number of ether oxygens (including phenoxy) is 1. The summed E-state index contributed by atoms with van der Waals surface area (Å²) in [7, 11) is 1.59. The van der Waals surface area contributed by atoms with Crippen LogP contribution in [0.2, 0.25) is 0 Å². The van der Waals surface area contributed by atoms with Gasteiger partial charge in [0, 0.05) is 28.3 Å². The molecule has 0 bridgehead atoms. The van der Waals surface area contributed by atoms with Crippen LogP contribution in [0.15, 0.2) is 41.3 Å². The van der Waals surface area contributed by atoms with Gasteiger partial charge in [-0.2, -0.15) is 0 Å². The van der Waals surface area contributed by atoms with Crippen molar-refractivity contribution < 1.29 is 13.5 Å². The number of hydrogen-bond acceptors (Lipinski definition) is 3. The van der Waals surface area contributed by atoms with Crippen LogP contribution >= 0.6 is 11.8 Å². The Morgan fingerprint density at radius 2 is 1.95 bits per heavy atom. The average molecular weight is 309 g/mol. The van der Waals surface area contributed by atoms with Crippen molar-refractivity contribution in [1.82, 2.24) is 0 Å². The molecule has 1 unspecified atom stereocenters. The van der Waals surface area contributed by atoms with Crippen LogP contribution in [0.1, 0.15) is 24.1 Å². The van der Waals surface area contributed by atoms with E-state index >= 15 is 0 Å². The van der Waals surface area contributed by atoms with Gasteiger partial charge in [0.05, 0.1) is 7.11 Å². The normalized spacial score (nSPS) is 12.2. The highest BCUT2D eigenvalue weighted by molar-refractivity contribution is 7.98. The van der Waals surface area contributed by atoms with Crippen molar-refractivity contribution in [2.24, 2.45) is 5.73 Å². The molecule has 0 radical (unpaired) electrons. The molecule has 0 aliphatic heterocycles. The van der Waals surface area contributed by atoms with Crippen LogP contribution < -0.4 is 10.5 Å². The highest BCUT2D eigenvalue weighted by atomic mass is 32.2. The van der Waals surface area contributed by atoms with E-state index in [1.807, 2.05) is 25.1 Å². The molecular formula is C16H17F2NOS. The molecule has 2 nitrogen and oxygen atoms in total. The zero-order valence-corrected chi connectivity index (χ0v) is 12.7. The van der Waals surface area contributed by atoms with Gasteiger partial charge in [0.25, 0.3) is 0 Å². The molecule has 0 heterocycles. The number of halogens is 2. The first-order valence-corrected chi connectivity index (χ1v) is 7.50. The zero-order chi connectivity index (χ0) is 15.4. The monoisotopic (exact) mass is 309 g/mol. The van der Waals surface area contributed by atoms with Crippen molar-refractivity contribution in [3.05, 3.63) is 59.2 Å². The van der Waals surface area contributed by atoms with E-state index in [4.69, 9.17) is 10.5 Å². The largest absolute Gasteiger partial charge is 0.496 e. The third-order valence-electron chi connectivity index (χ3n) is 3.11. The summed E-state index contributed by atoms with van der Waals surface area (Å²) < 4.78 is 31.8. The van der Waals surface area contributed by atoms with E-state index in [9.17, 15) is 8.78 Å². The Balaban J connectivity index is 2.20. The third-order valence-corrected chi connectivity index (χ3v) is 4.20. The maximum atomic E-state index is 13.6. The summed E-state index contributed by atoms with van der Waals surface area (Å²) in [6.07, 6.45) is 0. The van der Waals surface area contributed by atoms with Crippen LogP contribution in [0.5, 0.6) is 5.75 Å². The Kier molecular flexibility index (Phi) is 5.20. The Bertz CT molecular complexity index is 632. The fourth-order valence-corrected chi connectivity index (χ4v) is 2.84. The maximum Gasteiger partial charge on any atom is 0.139 e. The number of benzene rings is 2. The molecule has 2 N–H and O–H groups in total. The predicted molar refractivity (Wildman–Crippen MR) is 81.5 cm³/mol. The van der Waals surface area contributed by atoms with Crippen molar-refractivity contribution in [3.8, 4) is 5.75 Å². The van der Waals surface area contributed by atoms with Gasteiger partial charge < -0.3 is 10.5 Å². The summed E-state index contributed by atoms with van der Waals surface area (Å²) in [6, 6.07) is 9.22. The second-order valence-corrected chi connectivity index (χ2v) is 5.74. The SMILES string of the molecule is COc1ccc(C(C)N)cc1CSc1ccc(F)cc1F. The quantitative estimate of drug-likeness (QED) is 0.837. The summed E-state index contributed by atoms with van der Waals surface area (Å²) in [4.78, 5) is 0.407. The van der Waals surface area contributed by atoms with Crippen LogP contribution in [0, 0.1) is 11.6 Å². The van der Waals surface area contributed by atoms with Crippen LogP contribution in [-0.4, -0.2) is 7.11 Å². The van der Waals surface area contributed by atoms with E-state index in [-0.39, 0.29) is 6.04 Å². The lowest BCUT2D eigenvalue weighted by atomic mass is 10.1. The first-order valence-electron chi connectivity index (χ1n) is 6.51. The number of thioether (sulfide) groups is 1. The Morgan fingerprint density at radius 1 is 1.19 bits per heavy atom. The lowest BCUT2D eigenvalue weighted by Crippen LogP contribution is -2.05. The van der Waals surface area contributed by atoms with Gasteiger partial charge in [0.15, 0.2) is 0 Å². The van der Waals surface area contributed by atoms with Crippen LogP contribution in [0.4, 0.5) is 8.78 Å². The number of hydrogen-bond donors (Lipinski definition) is 1. The maximum absolute atomic E-state index is 13.6. The van der Waals surface area contributed by atoms with Crippen LogP contribution in [0.3, 0.4) is 0 Å². The molecule has 0 aromatic heterocycles. The smallest absolute Gasteiger partial charge is 0.139 e. The van der Waals surface area contributed by atoms with Gasteiger partial charge in [-0.15, -0.1) is 11.8 Å². The van der Waals surface area contributed by atoms with Crippen molar-refractivity contribution >= 4 is 11.8 Å². The van der Waals surface area contributed by atoms with Gasteiger partial charge in [-0.3, -0.25) is 0 Å². The van der Waals surface area contributed by atoms with Crippen molar-refractivity contribution in [2.45, 2.75) is 23.6 Å². The zero-order valence-electron chi connectivity index (χ0n) is 11.9. The standard InChI is InChI=1S/C16H17F2NOS/c1-10(19)11-3-5-15(20-2)12(7-11)9-21-16-6-4-13(17)8-14(16)18/h3-8,10H,9,19H2,1-2H3. The minimum atomic E-state index is -0.576. The third kappa shape index (κ3) is 3.95. The second kappa shape index (κ2) is 6.91. The van der Waals surface area contributed by atoms with Gasteiger partial charge in [0.2, 0.25) is 0 Å². The molecule has 0 saturated heterocycles. The van der Waals surface area contributed by atoms with Gasteiger partial charge >= 0.3 is 0 Å². The molecule has 5 heteroatoms. The van der Waals surface area contributed by atoms with E-state index in [0.29, 0.717) is 10.6 Å². The number of methoxy groups -OCH3 is 1. The van der Waals surface area contributed by atoms with E-state index in [1.54, 1.807) is 7.11 Å². The van der Waals surface area contributed by atoms with Gasteiger partial charge in [-0.05, 0) is 36.8 Å². The fraction of sp³-hybridized carbons (Fsp3) is 0.250. The molecule has 21 heavy (non-hydrogen) atoms. The molecule has 0 aliphatic rings. The lowest BCUT2D eigenvalue weighted by molar-refractivity contribution is 0.411. The van der Waals surface area contributed by atoms with E-state index in [1.165, 1.54) is 23.9 Å². The molecule has 0 aliphatic carbocycles. The minimum Gasteiger partial charge on any atom is -0.496 e. The molecule has 112 valence electrons. The summed E-state index contributed by atoms with van der Waals surface area (Å²) in [6.45, 7) is 1.90. The summed E-state index contributed by atoms with van der Waals surface area (Å²) >= 11 is 1.30. The Morgan fingerprint density at radius 3 is 2.57 bits per heavy atom. The van der Waals surface area contributed by atoms with Crippen LogP contribution in [0.25, 0.3) is 0 Å². The summed E-state index contributed by atoms with van der Waals surface area (Å²) in [5.74, 6) is 0.122. The first kappa shape index (κ1) is 15.8. The van der Waals surface area contributed by atoms with Crippen molar-refractivity contribution in [3.63, 3.8) is 0 Å². The van der Waals surface area contributed by atoms with E-state index in [0.717, 1.165) is 22.9 Å². The summed E-state index contributed by atoms with van der Waals surface area (Å²) in [5, 5.41) is 0. The van der Waals surface area contributed by atoms with Gasteiger partial charge in [-0.1, -0.05) is 6.07 Å². The molecule has 2 rings (SSSR count).